The van der Waals surface area contributed by atoms with Crippen molar-refractivity contribution in [2.45, 2.75) is 83.7 Å². The zero-order valence-corrected chi connectivity index (χ0v) is 19.2. The summed E-state index contributed by atoms with van der Waals surface area (Å²) in [5, 5.41) is -5.79. The van der Waals surface area contributed by atoms with Crippen LogP contribution < -0.4 is 0 Å². The SMILES string of the molecule is FN(C(F)(F)C(F)(F)C(F)(F)C(F)(F)C(F)(F)C(F)(F)F)C(F)(F)C(F)(F)C(F)(F)C(F)(F)C(F)(F)C(F)(F)C(F)(F)C(F)(F)F. The second kappa shape index (κ2) is 10.4. The Morgan fingerprint density at radius 3 is 0.478 bits per heavy atom. The molecule has 46 heavy (non-hydrogen) atoms. The summed E-state index contributed by atoms with van der Waals surface area (Å²) in [5.41, 5.74) is 0. The first-order valence-electron chi connectivity index (χ1n) is 9.29. The zero-order chi connectivity index (χ0) is 38.6. The van der Waals surface area contributed by atoms with Gasteiger partial charge in [-0.3, -0.25) is 0 Å². The fourth-order valence-corrected chi connectivity index (χ4v) is 2.34. The second-order valence-corrected chi connectivity index (χ2v) is 8.10. The Kier molecular flexibility index (Phi) is 9.89. The molecule has 0 rings (SSSR count). The Morgan fingerprint density at radius 2 is 0.326 bits per heavy atom. The minimum Gasteiger partial charge on any atom is -0.192 e. The van der Waals surface area contributed by atoms with Crippen molar-refractivity contribution in [2.24, 2.45) is 0 Å². The van der Waals surface area contributed by atoms with Crippen LogP contribution in [0.15, 0.2) is 0 Å². The van der Waals surface area contributed by atoms with E-state index in [-0.39, 0.29) is 0 Å². The van der Waals surface area contributed by atoms with E-state index in [2.05, 4.69) is 0 Å². The molecule has 0 bridgehead atoms. The summed E-state index contributed by atoms with van der Waals surface area (Å²) in [7, 11) is 0. The van der Waals surface area contributed by atoms with Crippen molar-refractivity contribution >= 4 is 0 Å². The maximum atomic E-state index is 13.5. The number of hydrogen-bond acceptors (Lipinski definition) is 1. The molecule has 0 aromatic carbocycles. The lowest BCUT2D eigenvalue weighted by Gasteiger charge is -2.45. The van der Waals surface area contributed by atoms with Crippen LogP contribution in [0.2, 0.25) is 0 Å². The topological polar surface area (TPSA) is 3.24 Å². The Bertz CT molecular complexity index is 1100. The summed E-state index contributed by atoms with van der Waals surface area (Å²) in [5.74, 6) is -93.7. The van der Waals surface area contributed by atoms with Crippen molar-refractivity contribution in [1.82, 2.24) is 5.12 Å². The molecule has 0 saturated carbocycles. The first-order chi connectivity index (χ1) is 19.2. The molecule has 0 fully saturated rings. The van der Waals surface area contributed by atoms with Crippen LogP contribution in [0, 0.1) is 0 Å². The van der Waals surface area contributed by atoms with Crippen LogP contribution in [0.4, 0.5) is 136 Å². The smallest absolute Gasteiger partial charge is 0.192 e. The molecule has 0 radical (unpaired) electrons. The molecule has 0 saturated heterocycles. The van der Waals surface area contributed by atoms with Crippen LogP contribution >= 0.6 is 0 Å². The summed E-state index contributed by atoms with van der Waals surface area (Å²) in [6, 6.07) is -19.0. The van der Waals surface area contributed by atoms with Crippen LogP contribution in [-0.4, -0.2) is 88.8 Å². The van der Waals surface area contributed by atoms with Gasteiger partial charge >= 0.3 is 83.7 Å². The molecule has 1 nitrogen and oxygen atoms in total. The quantitative estimate of drug-likeness (QED) is 0.109. The lowest BCUT2D eigenvalue weighted by atomic mass is 9.90. The molecule has 0 heterocycles. The minimum absolute atomic E-state index is 5.79. The summed E-state index contributed by atoms with van der Waals surface area (Å²) in [4.78, 5) is 0. The van der Waals surface area contributed by atoms with Gasteiger partial charge in [0.1, 0.15) is 0 Å². The predicted octanol–water partition coefficient (Wildman–Crippen LogP) is 9.84. The number of alkyl halides is 30. The maximum Gasteiger partial charge on any atom is 0.460 e. The number of hydrogen-bond donors (Lipinski definition) is 0. The van der Waals surface area contributed by atoms with Gasteiger partial charge in [-0.05, 0) is 5.12 Å². The highest BCUT2D eigenvalue weighted by molar-refractivity contribution is 5.16. The molecule has 0 aromatic rings. The van der Waals surface area contributed by atoms with Crippen molar-refractivity contribution in [1.29, 1.82) is 0 Å². The number of rotatable bonds is 12. The highest BCUT2D eigenvalue weighted by atomic mass is 19.4. The molecule has 0 spiro atoms. The summed E-state index contributed by atoms with van der Waals surface area (Å²) in [6.07, 6.45) is -16.6. The first-order valence-corrected chi connectivity index (χ1v) is 9.29. The lowest BCUT2D eigenvalue weighted by molar-refractivity contribution is -0.512. The fraction of sp³-hybridized carbons (Fsp3) is 1.00. The highest BCUT2D eigenvalue weighted by Crippen LogP contribution is 2.66. The van der Waals surface area contributed by atoms with E-state index in [1.807, 2.05) is 0 Å². The molecule has 278 valence electrons. The molecule has 0 amide bonds. The Balaban J connectivity index is 7.38. The molecule has 0 aliphatic rings. The van der Waals surface area contributed by atoms with Gasteiger partial charge in [-0.2, -0.15) is 132 Å². The zero-order valence-electron chi connectivity index (χ0n) is 19.2. The van der Waals surface area contributed by atoms with Gasteiger partial charge in [0.25, 0.3) is 0 Å². The lowest BCUT2D eigenvalue weighted by Crippen LogP contribution is -2.78. The Morgan fingerprint density at radius 1 is 0.196 bits per heavy atom. The van der Waals surface area contributed by atoms with Gasteiger partial charge < -0.3 is 0 Å². The molecular weight excluding hydrogens is 771 g/mol. The monoisotopic (exact) mass is 771 g/mol. The van der Waals surface area contributed by atoms with Gasteiger partial charge in [0.2, 0.25) is 0 Å². The van der Waals surface area contributed by atoms with Crippen LogP contribution in [0.1, 0.15) is 0 Å². The van der Waals surface area contributed by atoms with E-state index in [0.717, 1.165) is 0 Å². The van der Waals surface area contributed by atoms with E-state index in [0.29, 0.717) is 0 Å². The van der Waals surface area contributed by atoms with Crippen molar-refractivity contribution in [3.05, 3.63) is 0 Å². The molecule has 0 N–H and O–H groups in total. The minimum atomic E-state index is -9.79. The summed E-state index contributed by atoms with van der Waals surface area (Å²) < 4.78 is 403. The normalized spacial score (nSPS) is 17.2. The third kappa shape index (κ3) is 5.01. The van der Waals surface area contributed by atoms with Gasteiger partial charge in [-0.15, -0.1) is 4.48 Å². The third-order valence-electron chi connectivity index (χ3n) is 5.12. The molecule has 0 unspecified atom stereocenters. The van der Waals surface area contributed by atoms with E-state index in [1.165, 1.54) is 0 Å². The van der Waals surface area contributed by atoms with Gasteiger partial charge in [0, 0.05) is 0 Å². The molecule has 0 aromatic heterocycles. The molecule has 0 atom stereocenters. The van der Waals surface area contributed by atoms with Crippen LogP contribution in [0.3, 0.4) is 0 Å². The largest absolute Gasteiger partial charge is 0.460 e. The van der Waals surface area contributed by atoms with Crippen LogP contribution in [0.5, 0.6) is 0 Å². The number of nitrogens with zero attached hydrogens (tertiary/aromatic N) is 1. The van der Waals surface area contributed by atoms with Crippen LogP contribution in [-0.2, 0) is 0 Å². The third-order valence-corrected chi connectivity index (χ3v) is 5.12. The van der Waals surface area contributed by atoms with Gasteiger partial charge in [-0.1, -0.05) is 0 Å². The number of halogens is 31. The molecular formula is C14F31N. The van der Waals surface area contributed by atoms with Crippen molar-refractivity contribution < 1.29 is 136 Å². The molecule has 0 aliphatic carbocycles. The van der Waals surface area contributed by atoms with E-state index >= 15 is 0 Å². The van der Waals surface area contributed by atoms with E-state index in [4.69, 9.17) is 0 Å². The maximum absolute atomic E-state index is 13.5. The Labute approximate surface area is 226 Å². The average Bonchev–Trinajstić information content (AvgIpc) is 2.80. The van der Waals surface area contributed by atoms with Gasteiger partial charge in [0.15, 0.2) is 0 Å². The van der Waals surface area contributed by atoms with Crippen molar-refractivity contribution in [3.63, 3.8) is 0 Å². The predicted molar refractivity (Wildman–Crippen MR) is 74.4 cm³/mol. The van der Waals surface area contributed by atoms with E-state index in [1.54, 1.807) is 0 Å². The highest BCUT2D eigenvalue weighted by Gasteiger charge is 2.98. The Hall–Kier alpha value is -2.21. The van der Waals surface area contributed by atoms with E-state index in [9.17, 15) is 136 Å². The molecule has 0 aliphatic heterocycles. The summed E-state index contributed by atoms with van der Waals surface area (Å²) in [6.45, 7) is 0. The molecule has 32 heteroatoms. The van der Waals surface area contributed by atoms with Gasteiger partial charge in [-0.25, -0.2) is 0 Å². The summed E-state index contributed by atoms with van der Waals surface area (Å²) >= 11 is 0. The van der Waals surface area contributed by atoms with Gasteiger partial charge in [0.05, 0.1) is 0 Å². The van der Waals surface area contributed by atoms with E-state index < -0.39 is 88.8 Å². The fourth-order valence-electron chi connectivity index (χ4n) is 2.34. The average molecular weight is 771 g/mol. The second-order valence-electron chi connectivity index (χ2n) is 8.10. The van der Waals surface area contributed by atoms with Crippen LogP contribution in [0.25, 0.3) is 0 Å². The van der Waals surface area contributed by atoms with Crippen molar-refractivity contribution in [2.75, 3.05) is 0 Å². The first kappa shape index (κ1) is 43.8. The standard InChI is InChI=1S/C14F31N/c15-1(16,3(19,20)7(27,28)11(35,36)37)2(17,18)5(23,24)9(31,32)13(41,42)46(45)14(43,44)10(33,34)6(25,26)4(21,22)8(29,30)12(38,39)40. The van der Waals surface area contributed by atoms with Crippen molar-refractivity contribution in [3.8, 4) is 0 Å².